The monoisotopic (exact) mass is 261 g/mol. The van der Waals surface area contributed by atoms with Crippen molar-refractivity contribution < 1.29 is 9.47 Å². The number of rotatable bonds is 8. The van der Waals surface area contributed by atoms with E-state index in [2.05, 4.69) is 24.2 Å². The summed E-state index contributed by atoms with van der Waals surface area (Å²) in [6, 6.07) is 6.27. The molecule has 1 atom stereocenters. The molecule has 0 bridgehead atoms. The fourth-order valence-corrected chi connectivity index (χ4v) is 2.00. The van der Waals surface area contributed by atoms with E-state index in [0.717, 1.165) is 37.3 Å². The number of methoxy groups -OCH3 is 2. The molecule has 0 aliphatic carbocycles. The van der Waals surface area contributed by atoms with Gasteiger partial charge in [-0.15, -0.1) is 12.3 Å². The zero-order valence-corrected chi connectivity index (χ0v) is 12.0. The number of nitrogens with one attached hydrogen (secondary N) is 1. The molecular weight excluding hydrogens is 238 g/mol. The van der Waals surface area contributed by atoms with Crippen molar-refractivity contribution in [1.29, 1.82) is 0 Å². The van der Waals surface area contributed by atoms with Crippen LogP contribution in [0.1, 0.15) is 37.8 Å². The molecule has 0 fully saturated rings. The molecule has 0 radical (unpaired) electrons. The van der Waals surface area contributed by atoms with Gasteiger partial charge in [0.05, 0.1) is 14.2 Å². The Hall–Kier alpha value is -1.66. The molecule has 1 aromatic carbocycles. The van der Waals surface area contributed by atoms with Gasteiger partial charge in [-0.1, -0.05) is 13.0 Å². The van der Waals surface area contributed by atoms with Gasteiger partial charge < -0.3 is 14.8 Å². The minimum absolute atomic E-state index is 0.260. The molecule has 3 heteroatoms. The number of terminal acetylenes is 1. The van der Waals surface area contributed by atoms with Gasteiger partial charge >= 0.3 is 0 Å². The van der Waals surface area contributed by atoms with E-state index in [9.17, 15) is 0 Å². The molecule has 3 nitrogen and oxygen atoms in total. The van der Waals surface area contributed by atoms with Crippen LogP contribution in [0.15, 0.2) is 18.2 Å². The number of hydrogen-bond acceptors (Lipinski definition) is 3. The van der Waals surface area contributed by atoms with Crippen LogP contribution in [0, 0.1) is 12.3 Å². The van der Waals surface area contributed by atoms with E-state index < -0.39 is 0 Å². The Labute approximate surface area is 116 Å². The van der Waals surface area contributed by atoms with Crippen molar-refractivity contribution >= 4 is 0 Å². The van der Waals surface area contributed by atoms with Crippen molar-refractivity contribution in [2.75, 3.05) is 20.8 Å². The Morgan fingerprint density at radius 3 is 2.58 bits per heavy atom. The fourth-order valence-electron chi connectivity index (χ4n) is 2.00. The molecule has 104 valence electrons. The van der Waals surface area contributed by atoms with Crippen LogP contribution in [0.25, 0.3) is 0 Å². The van der Waals surface area contributed by atoms with Crippen LogP contribution >= 0.6 is 0 Å². The van der Waals surface area contributed by atoms with E-state index in [-0.39, 0.29) is 6.04 Å². The maximum absolute atomic E-state index is 5.36. The molecule has 1 rings (SSSR count). The number of ether oxygens (including phenoxy) is 2. The smallest absolute Gasteiger partial charge is 0.161 e. The van der Waals surface area contributed by atoms with Gasteiger partial charge in [0.2, 0.25) is 0 Å². The minimum Gasteiger partial charge on any atom is -0.493 e. The molecule has 0 spiro atoms. The van der Waals surface area contributed by atoms with E-state index in [1.807, 2.05) is 12.1 Å². The first-order chi connectivity index (χ1) is 9.26. The molecule has 19 heavy (non-hydrogen) atoms. The second kappa shape index (κ2) is 8.44. The molecule has 1 aromatic rings. The van der Waals surface area contributed by atoms with Crippen LogP contribution in [-0.4, -0.2) is 20.8 Å². The molecule has 0 amide bonds. The molecule has 0 saturated heterocycles. The summed E-state index contributed by atoms with van der Waals surface area (Å²) in [6.07, 6.45) is 8.14. The second-order valence-electron chi connectivity index (χ2n) is 4.36. The van der Waals surface area contributed by atoms with Crippen molar-refractivity contribution in [2.24, 2.45) is 0 Å². The summed E-state index contributed by atoms with van der Waals surface area (Å²) in [5.74, 6) is 4.20. The van der Waals surface area contributed by atoms with Gasteiger partial charge in [0.1, 0.15) is 0 Å². The van der Waals surface area contributed by atoms with Crippen molar-refractivity contribution in [1.82, 2.24) is 5.32 Å². The molecule has 1 unspecified atom stereocenters. The molecule has 0 aromatic heterocycles. The third-order valence-corrected chi connectivity index (χ3v) is 3.03. The maximum Gasteiger partial charge on any atom is 0.161 e. The first-order valence-electron chi connectivity index (χ1n) is 6.65. The van der Waals surface area contributed by atoms with E-state index >= 15 is 0 Å². The van der Waals surface area contributed by atoms with Crippen LogP contribution in [0.3, 0.4) is 0 Å². The van der Waals surface area contributed by atoms with Crippen molar-refractivity contribution in [3.8, 4) is 23.8 Å². The quantitative estimate of drug-likeness (QED) is 0.729. The highest BCUT2D eigenvalue weighted by Gasteiger charge is 2.13. The first kappa shape index (κ1) is 15.4. The van der Waals surface area contributed by atoms with Gasteiger partial charge in [0.15, 0.2) is 11.5 Å². The van der Waals surface area contributed by atoms with Crippen molar-refractivity contribution in [2.45, 2.75) is 32.2 Å². The standard InChI is InChI=1S/C16H23NO2/c1-5-7-8-14(17-11-6-2)13-9-10-15(18-3)16(12-13)19-4/h1,9-10,12,14,17H,6-8,11H2,2-4H3. The van der Waals surface area contributed by atoms with E-state index in [1.165, 1.54) is 5.56 Å². The lowest BCUT2D eigenvalue weighted by molar-refractivity contribution is 0.353. The summed E-state index contributed by atoms with van der Waals surface area (Å²) in [7, 11) is 3.29. The molecule has 0 heterocycles. The lowest BCUT2D eigenvalue weighted by atomic mass is 10.0. The summed E-state index contributed by atoms with van der Waals surface area (Å²) in [5, 5.41) is 3.52. The Balaban J connectivity index is 2.91. The number of benzene rings is 1. The largest absolute Gasteiger partial charge is 0.493 e. The zero-order chi connectivity index (χ0) is 14.1. The highest BCUT2D eigenvalue weighted by molar-refractivity contribution is 5.43. The van der Waals surface area contributed by atoms with Crippen LogP contribution in [0.4, 0.5) is 0 Å². The van der Waals surface area contributed by atoms with E-state index in [0.29, 0.717) is 0 Å². The van der Waals surface area contributed by atoms with E-state index in [1.54, 1.807) is 14.2 Å². The highest BCUT2D eigenvalue weighted by atomic mass is 16.5. The fraction of sp³-hybridized carbons (Fsp3) is 0.500. The second-order valence-corrected chi connectivity index (χ2v) is 4.36. The maximum atomic E-state index is 5.36. The molecule has 0 saturated carbocycles. The van der Waals surface area contributed by atoms with Crippen molar-refractivity contribution in [3.05, 3.63) is 23.8 Å². The molecule has 0 aliphatic heterocycles. The molecule has 1 N–H and O–H groups in total. The lowest BCUT2D eigenvalue weighted by Gasteiger charge is -2.19. The van der Waals surface area contributed by atoms with Gasteiger partial charge in [-0.2, -0.15) is 0 Å². The summed E-state index contributed by atoms with van der Waals surface area (Å²) in [5.41, 5.74) is 1.18. The molecular formula is C16H23NO2. The average molecular weight is 261 g/mol. The third-order valence-electron chi connectivity index (χ3n) is 3.03. The predicted octanol–water partition coefficient (Wildman–Crippen LogP) is 3.16. The molecule has 0 aliphatic rings. The summed E-state index contributed by atoms with van der Waals surface area (Å²) in [4.78, 5) is 0. The summed E-state index contributed by atoms with van der Waals surface area (Å²) in [6.45, 7) is 3.13. The van der Waals surface area contributed by atoms with Gasteiger partial charge in [0, 0.05) is 12.5 Å². The average Bonchev–Trinajstić information content (AvgIpc) is 2.46. The number of hydrogen-bond donors (Lipinski definition) is 1. The van der Waals surface area contributed by atoms with Crippen molar-refractivity contribution in [3.63, 3.8) is 0 Å². The van der Waals surface area contributed by atoms with Crippen LogP contribution in [0.2, 0.25) is 0 Å². The Morgan fingerprint density at radius 2 is 2.00 bits per heavy atom. The van der Waals surface area contributed by atoms with Gasteiger partial charge in [-0.3, -0.25) is 0 Å². The summed E-state index contributed by atoms with van der Waals surface area (Å²) >= 11 is 0. The van der Waals surface area contributed by atoms with Crippen LogP contribution < -0.4 is 14.8 Å². The van der Waals surface area contributed by atoms with E-state index in [4.69, 9.17) is 15.9 Å². The van der Waals surface area contributed by atoms with Gasteiger partial charge in [-0.25, -0.2) is 0 Å². The summed E-state index contributed by atoms with van der Waals surface area (Å²) < 4.78 is 10.6. The van der Waals surface area contributed by atoms with Gasteiger partial charge in [0.25, 0.3) is 0 Å². The zero-order valence-electron chi connectivity index (χ0n) is 12.0. The third kappa shape index (κ3) is 4.50. The van der Waals surface area contributed by atoms with Crippen LogP contribution in [0.5, 0.6) is 11.5 Å². The SMILES string of the molecule is C#CCCC(NCCC)c1ccc(OC)c(OC)c1. The predicted molar refractivity (Wildman–Crippen MR) is 78.6 cm³/mol. The topological polar surface area (TPSA) is 30.5 Å². The van der Waals surface area contributed by atoms with Crippen LogP contribution in [-0.2, 0) is 0 Å². The Morgan fingerprint density at radius 1 is 1.26 bits per heavy atom. The van der Waals surface area contributed by atoms with Gasteiger partial charge in [-0.05, 0) is 37.1 Å². The normalized spacial score (nSPS) is 11.7. The minimum atomic E-state index is 0.260. The Bertz CT molecular complexity index is 423. The highest BCUT2D eigenvalue weighted by Crippen LogP contribution is 2.31. The lowest BCUT2D eigenvalue weighted by Crippen LogP contribution is -2.22. The first-order valence-corrected chi connectivity index (χ1v) is 6.65. The Kier molecular flexibility index (Phi) is 6.84.